The van der Waals surface area contributed by atoms with Crippen LogP contribution in [0.5, 0.6) is 0 Å². The molecule has 0 saturated carbocycles. The molecule has 0 aromatic carbocycles. The van der Waals surface area contributed by atoms with Gasteiger partial charge < -0.3 is 4.42 Å². The van der Waals surface area contributed by atoms with Gasteiger partial charge in [-0.25, -0.2) is 0 Å². The summed E-state index contributed by atoms with van der Waals surface area (Å²) in [6.07, 6.45) is 6.59. The maximum absolute atomic E-state index is 5.06. The Morgan fingerprint density at radius 3 is 2.82 bits per heavy atom. The fourth-order valence-corrected chi connectivity index (χ4v) is 1.33. The molecule has 1 nitrogen and oxygen atoms in total. The molecule has 0 aliphatic heterocycles. The van der Waals surface area contributed by atoms with E-state index in [4.69, 9.17) is 4.42 Å². The highest BCUT2D eigenvalue weighted by molar-refractivity contribution is 7.26. The van der Waals surface area contributed by atoms with E-state index in [1.165, 1.54) is 24.8 Å². The molecule has 1 aromatic heterocycles. The first-order valence-corrected chi connectivity index (χ1v) is 4.54. The third kappa shape index (κ3) is 2.67. The molecule has 2 radical (unpaired) electrons. The van der Waals surface area contributed by atoms with Crippen molar-refractivity contribution in [3.05, 3.63) is 17.9 Å². The lowest BCUT2D eigenvalue weighted by Gasteiger charge is -1.95. The molecule has 0 saturated heterocycles. The molecule has 0 amide bonds. The lowest BCUT2D eigenvalue weighted by molar-refractivity contribution is 0.600. The van der Waals surface area contributed by atoms with Gasteiger partial charge in [-0.2, -0.15) is 0 Å². The molecule has 2 heteroatoms. The molecule has 0 atom stereocenters. The molecule has 60 valence electrons. The van der Waals surface area contributed by atoms with Crippen LogP contribution >= 0.6 is 9.24 Å². The number of unbranched alkanes of at least 4 members (excludes halogenated alkanes) is 2. The quantitative estimate of drug-likeness (QED) is 0.497. The van der Waals surface area contributed by atoms with Gasteiger partial charge in [0.15, 0.2) is 0 Å². The highest BCUT2D eigenvalue weighted by Crippen LogP contribution is 2.07. The Balaban J connectivity index is 2.32. The summed E-state index contributed by atoms with van der Waals surface area (Å²) in [7, 11) is 4.18. The first-order valence-electron chi connectivity index (χ1n) is 4.10. The highest BCUT2D eigenvalue weighted by atomic mass is 31.0. The van der Waals surface area contributed by atoms with Crippen LogP contribution in [0.3, 0.4) is 0 Å². The van der Waals surface area contributed by atoms with E-state index in [0.717, 1.165) is 11.9 Å². The third-order valence-corrected chi connectivity index (χ3v) is 2.17. The number of hydrogen-bond acceptors (Lipinski definition) is 1. The Hall–Kier alpha value is -0.290. The third-order valence-electron chi connectivity index (χ3n) is 1.77. The Kier molecular flexibility index (Phi) is 3.65. The average molecular weight is 168 g/mol. The minimum Gasteiger partial charge on any atom is -0.464 e. The van der Waals surface area contributed by atoms with Crippen LogP contribution in [0.4, 0.5) is 0 Å². The van der Waals surface area contributed by atoms with Gasteiger partial charge >= 0.3 is 0 Å². The van der Waals surface area contributed by atoms with E-state index in [1.807, 2.05) is 6.07 Å². The van der Waals surface area contributed by atoms with Crippen LogP contribution in [0.15, 0.2) is 16.7 Å². The molecule has 1 aromatic rings. The summed E-state index contributed by atoms with van der Waals surface area (Å²) in [4.78, 5) is 0. The average Bonchev–Trinajstić information content (AvgIpc) is 2.37. The van der Waals surface area contributed by atoms with Gasteiger partial charge in [0.1, 0.15) is 5.50 Å². The maximum Gasteiger partial charge on any atom is 0.138 e. The van der Waals surface area contributed by atoms with Gasteiger partial charge in [0, 0.05) is 9.24 Å². The van der Waals surface area contributed by atoms with E-state index >= 15 is 0 Å². The zero-order valence-electron chi connectivity index (χ0n) is 6.84. The molecule has 0 N–H and O–H groups in total. The van der Waals surface area contributed by atoms with Crippen LogP contribution in [0.1, 0.15) is 31.7 Å². The summed E-state index contributed by atoms with van der Waals surface area (Å²) in [6, 6.07) is 2.00. The zero-order valence-corrected chi connectivity index (χ0v) is 7.73. The monoisotopic (exact) mass is 168 g/mol. The van der Waals surface area contributed by atoms with E-state index in [2.05, 4.69) is 16.2 Å². The SMILES string of the molecule is CCCCCc1ccoc1[P]. The van der Waals surface area contributed by atoms with Gasteiger partial charge in [0.25, 0.3) is 0 Å². The van der Waals surface area contributed by atoms with Gasteiger partial charge in [-0.3, -0.25) is 0 Å². The van der Waals surface area contributed by atoms with E-state index in [1.54, 1.807) is 6.26 Å². The van der Waals surface area contributed by atoms with E-state index < -0.39 is 0 Å². The van der Waals surface area contributed by atoms with Crippen molar-refractivity contribution < 1.29 is 4.42 Å². The van der Waals surface area contributed by atoms with Crippen LogP contribution < -0.4 is 5.50 Å². The molecule has 0 bridgehead atoms. The fourth-order valence-electron chi connectivity index (χ4n) is 1.08. The molecule has 11 heavy (non-hydrogen) atoms. The van der Waals surface area contributed by atoms with Crippen molar-refractivity contribution in [2.75, 3.05) is 0 Å². The molecule has 0 aliphatic rings. The molecule has 0 aliphatic carbocycles. The summed E-state index contributed by atoms with van der Waals surface area (Å²) < 4.78 is 5.06. The van der Waals surface area contributed by atoms with Gasteiger partial charge in [-0.05, 0) is 24.5 Å². The van der Waals surface area contributed by atoms with Crippen LogP contribution in [0.2, 0.25) is 0 Å². The second kappa shape index (κ2) is 4.56. The van der Waals surface area contributed by atoms with Crippen molar-refractivity contribution in [2.24, 2.45) is 0 Å². The largest absolute Gasteiger partial charge is 0.464 e. The predicted octanol–water partition coefficient (Wildman–Crippen LogP) is 3.05. The minimum atomic E-state index is 0.779. The van der Waals surface area contributed by atoms with Crippen molar-refractivity contribution in [2.45, 2.75) is 32.6 Å². The van der Waals surface area contributed by atoms with Gasteiger partial charge in [-0.1, -0.05) is 19.8 Å². The van der Waals surface area contributed by atoms with E-state index in [9.17, 15) is 0 Å². The molecular weight excluding hydrogens is 155 g/mol. The molecule has 1 rings (SSSR count). The molecule has 1 heterocycles. The summed E-state index contributed by atoms with van der Waals surface area (Å²) >= 11 is 0. The Morgan fingerprint density at radius 1 is 1.45 bits per heavy atom. The van der Waals surface area contributed by atoms with Crippen LogP contribution in [0.25, 0.3) is 0 Å². The van der Waals surface area contributed by atoms with Crippen LogP contribution in [-0.2, 0) is 6.42 Å². The summed E-state index contributed by atoms with van der Waals surface area (Å²) in [5, 5.41) is 0. The Labute approximate surface area is 70.4 Å². The first-order chi connectivity index (χ1) is 5.34. The number of rotatable bonds is 4. The van der Waals surface area contributed by atoms with Crippen LogP contribution in [0, 0.1) is 0 Å². The summed E-state index contributed by atoms with van der Waals surface area (Å²) in [6.45, 7) is 2.21. The molecule has 0 unspecified atom stereocenters. The summed E-state index contributed by atoms with van der Waals surface area (Å²) in [5.41, 5.74) is 2.02. The van der Waals surface area contributed by atoms with Crippen molar-refractivity contribution >= 4 is 14.7 Å². The van der Waals surface area contributed by atoms with Gasteiger partial charge in [0.05, 0.1) is 6.26 Å². The predicted molar refractivity (Wildman–Crippen MR) is 48.5 cm³/mol. The van der Waals surface area contributed by atoms with Crippen molar-refractivity contribution in [3.8, 4) is 0 Å². The fraction of sp³-hybridized carbons (Fsp3) is 0.556. The van der Waals surface area contributed by atoms with Crippen molar-refractivity contribution in [3.63, 3.8) is 0 Å². The highest BCUT2D eigenvalue weighted by Gasteiger charge is 2.00. The minimum absolute atomic E-state index is 0.779. The normalized spacial score (nSPS) is 10.4. The van der Waals surface area contributed by atoms with Crippen molar-refractivity contribution in [1.29, 1.82) is 0 Å². The second-order valence-electron chi connectivity index (χ2n) is 2.71. The zero-order chi connectivity index (χ0) is 8.10. The lowest BCUT2D eigenvalue weighted by atomic mass is 10.1. The molecule has 0 spiro atoms. The standard InChI is InChI=1S/C9H13OP/c1-2-3-4-5-8-6-7-10-9(8)11/h6-7H,2-5H2,1H3. The van der Waals surface area contributed by atoms with Gasteiger partial charge in [-0.15, -0.1) is 0 Å². The number of hydrogen-bond donors (Lipinski definition) is 0. The Morgan fingerprint density at radius 2 is 2.27 bits per heavy atom. The second-order valence-corrected chi connectivity index (χ2v) is 3.11. The van der Waals surface area contributed by atoms with E-state index in [0.29, 0.717) is 0 Å². The van der Waals surface area contributed by atoms with Crippen LogP contribution in [-0.4, -0.2) is 0 Å². The number of aryl methyl sites for hydroxylation is 1. The Bertz CT molecular complexity index is 205. The topological polar surface area (TPSA) is 13.1 Å². The van der Waals surface area contributed by atoms with E-state index in [-0.39, 0.29) is 0 Å². The smallest absolute Gasteiger partial charge is 0.138 e. The lowest BCUT2D eigenvalue weighted by Crippen LogP contribution is -1.94. The van der Waals surface area contributed by atoms with Crippen molar-refractivity contribution in [1.82, 2.24) is 0 Å². The van der Waals surface area contributed by atoms with Gasteiger partial charge in [0.2, 0.25) is 0 Å². The molecular formula is C9H13OP. The number of furan rings is 1. The first kappa shape index (κ1) is 8.80. The summed E-state index contributed by atoms with van der Waals surface area (Å²) in [5.74, 6) is 0. The maximum atomic E-state index is 5.06. The molecule has 0 fully saturated rings.